The van der Waals surface area contributed by atoms with Crippen molar-refractivity contribution in [2.45, 2.75) is 40.2 Å². The topological polar surface area (TPSA) is 12.0 Å². The van der Waals surface area contributed by atoms with Crippen molar-refractivity contribution in [2.75, 3.05) is 5.32 Å². The molecule has 2 aromatic rings. The van der Waals surface area contributed by atoms with E-state index in [-0.39, 0.29) is 22.4 Å². The Kier molecular flexibility index (Phi) is 1.89. The summed E-state index contributed by atoms with van der Waals surface area (Å²) in [7, 11) is -1.53. The predicted octanol–water partition coefficient (Wildman–Crippen LogP) is 4.90. The number of anilines is 2. The van der Waals surface area contributed by atoms with E-state index in [9.17, 15) is 0 Å². The third-order valence-electron chi connectivity index (χ3n) is 3.16. The van der Waals surface area contributed by atoms with Crippen LogP contribution in [0.15, 0.2) is 36.4 Å². The average molecular weight is 293 g/mol. The van der Waals surface area contributed by atoms with Gasteiger partial charge in [0.05, 0.1) is 8.07 Å². The first kappa shape index (κ1) is 6.95. The highest BCUT2D eigenvalue weighted by atomic mass is 28.3. The molecule has 0 amide bonds. The molecule has 0 heterocycles. The fourth-order valence-corrected chi connectivity index (χ4v) is 3.14. The van der Waals surface area contributed by atoms with Crippen LogP contribution in [0.4, 0.5) is 11.4 Å². The van der Waals surface area contributed by atoms with Crippen LogP contribution in [0.3, 0.4) is 0 Å². The second-order valence-electron chi connectivity index (χ2n) is 5.90. The van der Waals surface area contributed by atoms with Crippen LogP contribution in [-0.2, 0) is 0 Å². The van der Waals surface area contributed by atoms with Gasteiger partial charge in [0.2, 0.25) is 0 Å². The highest BCUT2D eigenvalue weighted by molar-refractivity contribution is 6.88. The second-order valence-corrected chi connectivity index (χ2v) is 11.0. The molecule has 2 aromatic carbocycles. The fourth-order valence-electron chi connectivity index (χ4n) is 1.97. The van der Waals surface area contributed by atoms with E-state index in [2.05, 4.69) is 25.0 Å². The van der Waals surface area contributed by atoms with E-state index >= 15 is 0 Å². The summed E-state index contributed by atoms with van der Waals surface area (Å²) in [5.74, 6) is 0. The van der Waals surface area contributed by atoms with Crippen molar-refractivity contribution in [3.8, 4) is 0 Å². The van der Waals surface area contributed by atoms with Crippen molar-refractivity contribution in [3.63, 3.8) is 0 Å². The van der Waals surface area contributed by atoms with Gasteiger partial charge in [-0.25, -0.2) is 0 Å². The van der Waals surface area contributed by atoms with Gasteiger partial charge in [-0.3, -0.25) is 0 Å². The normalized spacial score (nSPS) is 20.1. The smallest absolute Gasteiger partial charge is 0.0775 e. The van der Waals surface area contributed by atoms with Crippen molar-refractivity contribution >= 4 is 24.6 Å². The summed E-state index contributed by atoms with van der Waals surface area (Å²) in [6.07, 6.45) is 0. The molecule has 0 aromatic heterocycles. The van der Waals surface area contributed by atoms with Crippen LogP contribution >= 0.6 is 0 Å². The summed E-state index contributed by atoms with van der Waals surface area (Å²) >= 11 is 0. The molecule has 1 N–H and O–H groups in total. The fraction of sp³-hybridized carbons (Fsp3) is 0.333. The van der Waals surface area contributed by atoms with Crippen molar-refractivity contribution in [3.05, 3.63) is 53.1 Å². The molecule has 20 heavy (non-hydrogen) atoms. The maximum Gasteiger partial charge on any atom is 0.0775 e. The summed E-state index contributed by atoms with van der Waals surface area (Å²) in [5, 5.41) is 4.13. The molecule has 0 spiro atoms. The summed E-state index contributed by atoms with van der Waals surface area (Å²) in [4.78, 5) is 0. The lowest BCUT2D eigenvalue weighted by atomic mass is 10.0. The first-order valence-corrected chi connectivity index (χ1v) is 9.98. The van der Waals surface area contributed by atoms with Crippen molar-refractivity contribution < 1.29 is 12.3 Å². The van der Waals surface area contributed by atoms with Gasteiger partial charge in [0.15, 0.2) is 0 Å². The number of rotatable bonds is 3. The number of benzene rings is 2. The molecule has 0 radical (unpaired) electrons. The molecule has 0 saturated carbocycles. The lowest BCUT2D eigenvalue weighted by molar-refractivity contribution is 1.31. The van der Waals surface area contributed by atoms with Crippen LogP contribution in [0.5, 0.6) is 0 Å². The van der Waals surface area contributed by atoms with Gasteiger partial charge in [0.1, 0.15) is 0 Å². The molecule has 0 saturated heterocycles. The molecule has 0 atom stereocenters. The molecular formula is C18H25NSi. The Bertz CT molecular complexity index is 838. The summed E-state index contributed by atoms with van der Waals surface area (Å²) in [6.45, 7) is -1.42. The zero-order valence-electron chi connectivity index (χ0n) is 21.0. The summed E-state index contributed by atoms with van der Waals surface area (Å²) in [5.41, 5.74) is -0.532. The predicted molar refractivity (Wildman–Crippen MR) is 93.4 cm³/mol. The molecule has 2 rings (SSSR count). The Hall–Kier alpha value is -1.54. The van der Waals surface area contributed by atoms with Crippen molar-refractivity contribution in [1.29, 1.82) is 0 Å². The Morgan fingerprint density at radius 3 is 1.95 bits per heavy atom. The average Bonchev–Trinajstić information content (AvgIpc) is 2.51. The first-order valence-electron chi connectivity index (χ1n) is 11.0. The third-order valence-corrected chi connectivity index (χ3v) is 5.22. The van der Waals surface area contributed by atoms with Crippen molar-refractivity contribution in [2.24, 2.45) is 0 Å². The van der Waals surface area contributed by atoms with Crippen LogP contribution in [0.25, 0.3) is 0 Å². The minimum Gasteiger partial charge on any atom is -0.355 e. The summed E-state index contributed by atoms with van der Waals surface area (Å²) < 4.78 is 69.8. The Morgan fingerprint density at radius 2 is 1.50 bits per heavy atom. The molecule has 0 aliphatic heterocycles. The highest BCUT2D eigenvalue weighted by Gasteiger charge is 2.15. The molecule has 0 fully saturated rings. The quantitative estimate of drug-likeness (QED) is 0.793. The monoisotopic (exact) mass is 292 g/mol. The van der Waals surface area contributed by atoms with Gasteiger partial charge in [-0.1, -0.05) is 54.7 Å². The largest absolute Gasteiger partial charge is 0.355 e. The molecule has 0 aliphatic carbocycles. The lowest BCUT2D eigenvalue weighted by Gasteiger charge is -2.18. The van der Waals surface area contributed by atoms with E-state index in [1.165, 1.54) is 5.19 Å². The van der Waals surface area contributed by atoms with E-state index in [1.54, 1.807) is 12.1 Å². The van der Waals surface area contributed by atoms with Gasteiger partial charge >= 0.3 is 0 Å². The zero-order chi connectivity index (χ0) is 22.4. The van der Waals surface area contributed by atoms with Gasteiger partial charge in [0, 0.05) is 23.7 Å². The number of nitrogens with one attached hydrogen (secondary N) is 1. The van der Waals surface area contributed by atoms with Crippen LogP contribution in [0, 0.1) is 20.6 Å². The molecule has 0 aliphatic rings. The van der Waals surface area contributed by atoms with E-state index in [0.29, 0.717) is 5.69 Å². The second kappa shape index (κ2) is 5.45. The number of hydrogen-bond donors (Lipinski definition) is 1. The zero-order valence-corrected chi connectivity index (χ0v) is 13.0. The maximum atomic E-state index is 7.83. The van der Waals surface area contributed by atoms with Crippen LogP contribution in [0.1, 0.15) is 29.0 Å². The van der Waals surface area contributed by atoms with Crippen LogP contribution in [0.2, 0.25) is 19.6 Å². The molecule has 0 unspecified atom stereocenters. The first-order chi connectivity index (χ1) is 12.9. The Balaban J connectivity index is 2.68. The minimum atomic E-state index is -2.69. The van der Waals surface area contributed by atoms with E-state index < -0.39 is 28.6 Å². The molecule has 106 valence electrons. The molecule has 1 nitrogen and oxygen atoms in total. The van der Waals surface area contributed by atoms with Gasteiger partial charge in [0.25, 0.3) is 0 Å². The van der Waals surface area contributed by atoms with Gasteiger partial charge < -0.3 is 5.32 Å². The minimum absolute atomic E-state index is 0.0984. The third kappa shape index (κ3) is 3.31. The SMILES string of the molecule is [2H]C([2H])([2H])c1cc(C([2H])([2H])[2H])c(Nc2ccc([Si](C)(C)C)cc2)c(C([2H])([2H])[2H])c1. The molecule has 0 bridgehead atoms. The Morgan fingerprint density at radius 1 is 0.900 bits per heavy atom. The highest BCUT2D eigenvalue weighted by Crippen LogP contribution is 2.25. The lowest BCUT2D eigenvalue weighted by Crippen LogP contribution is -2.37. The van der Waals surface area contributed by atoms with E-state index in [0.717, 1.165) is 12.1 Å². The van der Waals surface area contributed by atoms with Crippen LogP contribution < -0.4 is 10.5 Å². The molecular weight excluding hydrogens is 258 g/mol. The van der Waals surface area contributed by atoms with Gasteiger partial charge in [-0.05, 0) is 43.8 Å². The Labute approximate surface area is 136 Å². The van der Waals surface area contributed by atoms with E-state index in [4.69, 9.17) is 12.3 Å². The van der Waals surface area contributed by atoms with Gasteiger partial charge in [-0.15, -0.1) is 0 Å². The summed E-state index contributed by atoms with van der Waals surface area (Å²) in [6, 6.07) is 9.53. The van der Waals surface area contributed by atoms with E-state index in [1.807, 2.05) is 12.1 Å². The maximum absolute atomic E-state index is 7.83. The molecule has 2 heteroatoms. The standard InChI is InChI=1S/C18H25NSi/c1-13-11-14(2)18(15(3)12-13)19-16-7-9-17(10-8-16)20(4,5)6/h7-12,19H,1-6H3/i1D3,2D3,3D3. The van der Waals surface area contributed by atoms with Gasteiger partial charge in [-0.2, -0.15) is 0 Å². The van der Waals surface area contributed by atoms with Crippen LogP contribution in [-0.4, -0.2) is 8.07 Å². The van der Waals surface area contributed by atoms with Crippen molar-refractivity contribution in [1.82, 2.24) is 0 Å². The number of hydrogen-bond acceptors (Lipinski definition) is 1. The number of aryl methyl sites for hydroxylation is 3.